The van der Waals surface area contributed by atoms with Crippen molar-refractivity contribution in [2.24, 2.45) is 5.92 Å². The Morgan fingerprint density at radius 1 is 1.33 bits per heavy atom. The topological polar surface area (TPSA) is 67.2 Å². The lowest BCUT2D eigenvalue weighted by molar-refractivity contribution is 0.0872. The zero-order valence-electron chi connectivity index (χ0n) is 13.5. The monoisotopic (exact) mass is 347 g/mol. The first-order chi connectivity index (χ1) is 11.7. The molecule has 1 aromatic heterocycles. The van der Waals surface area contributed by atoms with E-state index in [9.17, 15) is 9.90 Å². The number of halogens is 1. The number of aliphatic hydroxyl groups is 1. The molecule has 1 aliphatic carbocycles. The molecule has 2 N–H and O–H groups in total. The van der Waals surface area contributed by atoms with Gasteiger partial charge < -0.3 is 10.4 Å². The van der Waals surface area contributed by atoms with Gasteiger partial charge in [-0.25, -0.2) is 0 Å². The van der Waals surface area contributed by atoms with Crippen LogP contribution in [0.4, 0.5) is 0 Å². The van der Waals surface area contributed by atoms with Crippen LogP contribution < -0.4 is 5.32 Å². The minimum absolute atomic E-state index is 0.0446. The molecule has 0 radical (unpaired) electrons. The van der Waals surface area contributed by atoms with Crippen LogP contribution in [0.1, 0.15) is 41.6 Å². The van der Waals surface area contributed by atoms with E-state index in [2.05, 4.69) is 10.4 Å². The Kier molecular flexibility index (Phi) is 5.53. The highest BCUT2D eigenvalue weighted by molar-refractivity contribution is 6.31. The van der Waals surface area contributed by atoms with Crippen LogP contribution in [0.2, 0.25) is 5.02 Å². The van der Waals surface area contributed by atoms with Crippen LogP contribution in [-0.4, -0.2) is 33.4 Å². The molecule has 1 aromatic carbocycles. The molecule has 0 aliphatic heterocycles. The number of aromatic nitrogens is 2. The zero-order valence-corrected chi connectivity index (χ0v) is 14.2. The smallest absolute Gasteiger partial charge is 0.254 e. The van der Waals surface area contributed by atoms with Crippen molar-refractivity contribution in [1.82, 2.24) is 15.1 Å². The summed E-state index contributed by atoms with van der Waals surface area (Å²) in [7, 11) is 0. The van der Waals surface area contributed by atoms with Gasteiger partial charge >= 0.3 is 0 Å². The largest absolute Gasteiger partial charge is 0.396 e. The molecule has 5 nitrogen and oxygen atoms in total. The number of benzene rings is 1. The molecule has 1 aliphatic rings. The molecule has 1 amide bonds. The third kappa shape index (κ3) is 3.97. The summed E-state index contributed by atoms with van der Waals surface area (Å²) in [5, 5.41) is 17.4. The molecule has 0 saturated heterocycles. The number of carbonyl (C=O) groups is 1. The summed E-state index contributed by atoms with van der Waals surface area (Å²) in [6.07, 6.45) is 7.40. The van der Waals surface area contributed by atoms with Crippen molar-refractivity contribution in [1.29, 1.82) is 0 Å². The third-order valence-electron chi connectivity index (χ3n) is 4.65. The predicted molar refractivity (Wildman–Crippen MR) is 93.1 cm³/mol. The lowest BCUT2D eigenvalue weighted by Gasteiger charge is -2.30. The fraction of sp³-hybridized carbons (Fsp3) is 0.444. The summed E-state index contributed by atoms with van der Waals surface area (Å²) in [6.45, 7) is 0.645. The third-order valence-corrected chi connectivity index (χ3v) is 5.01. The van der Waals surface area contributed by atoms with Gasteiger partial charge in [-0.15, -0.1) is 0 Å². The molecule has 1 saturated carbocycles. The first-order valence-corrected chi connectivity index (χ1v) is 8.72. The van der Waals surface area contributed by atoms with Crippen LogP contribution in [0.25, 0.3) is 0 Å². The van der Waals surface area contributed by atoms with Gasteiger partial charge in [0.25, 0.3) is 5.91 Å². The lowest BCUT2D eigenvalue weighted by atomic mass is 9.85. The van der Waals surface area contributed by atoms with E-state index < -0.39 is 0 Å². The Hall–Kier alpha value is -1.85. The maximum atomic E-state index is 12.4. The maximum Gasteiger partial charge on any atom is 0.254 e. The normalized spacial score (nSPS) is 20.8. The van der Waals surface area contributed by atoms with Gasteiger partial charge in [-0.1, -0.05) is 42.6 Å². The second-order valence-corrected chi connectivity index (χ2v) is 6.73. The van der Waals surface area contributed by atoms with E-state index in [1.165, 1.54) is 0 Å². The van der Waals surface area contributed by atoms with Crippen molar-refractivity contribution in [3.63, 3.8) is 0 Å². The van der Waals surface area contributed by atoms with Crippen LogP contribution in [0.3, 0.4) is 0 Å². The number of nitrogens with one attached hydrogen (secondary N) is 1. The molecule has 0 spiro atoms. The maximum absolute atomic E-state index is 12.4. The molecule has 24 heavy (non-hydrogen) atoms. The highest BCUT2D eigenvalue weighted by atomic mass is 35.5. The SMILES string of the molecule is O=C(NC1CCCCC1CO)c1cnn(Cc2ccccc2Cl)c1. The standard InChI is InChI=1S/C18H22ClN3O2/c19-16-7-3-1-5-13(16)10-22-11-15(9-20-22)18(24)21-17-8-4-2-6-14(17)12-23/h1,3,5,7,9,11,14,17,23H,2,4,6,8,10,12H2,(H,21,24). The van der Waals surface area contributed by atoms with Crippen LogP contribution in [-0.2, 0) is 6.54 Å². The highest BCUT2D eigenvalue weighted by Crippen LogP contribution is 2.24. The van der Waals surface area contributed by atoms with Gasteiger partial charge in [0, 0.05) is 29.8 Å². The lowest BCUT2D eigenvalue weighted by Crippen LogP contribution is -2.43. The average molecular weight is 348 g/mol. The van der Waals surface area contributed by atoms with E-state index in [4.69, 9.17) is 11.6 Å². The summed E-state index contributed by atoms with van der Waals surface area (Å²) < 4.78 is 1.71. The average Bonchev–Trinajstić information content (AvgIpc) is 3.06. The minimum Gasteiger partial charge on any atom is -0.396 e. The Morgan fingerprint density at radius 2 is 2.12 bits per heavy atom. The van der Waals surface area contributed by atoms with Gasteiger partial charge in [-0.05, 0) is 24.5 Å². The second-order valence-electron chi connectivity index (χ2n) is 6.33. The number of hydrogen-bond donors (Lipinski definition) is 2. The number of aliphatic hydroxyl groups excluding tert-OH is 1. The summed E-state index contributed by atoms with van der Waals surface area (Å²) >= 11 is 6.16. The Bertz CT molecular complexity index is 701. The Balaban J connectivity index is 1.64. The van der Waals surface area contributed by atoms with Gasteiger partial charge in [0.1, 0.15) is 0 Å². The number of rotatable bonds is 5. The van der Waals surface area contributed by atoms with Gasteiger partial charge in [-0.2, -0.15) is 5.10 Å². The molecule has 2 aromatic rings. The molecule has 1 fully saturated rings. The molecular formula is C18H22ClN3O2. The van der Waals surface area contributed by atoms with Crippen molar-refractivity contribution in [3.05, 3.63) is 52.8 Å². The van der Waals surface area contributed by atoms with Crippen molar-refractivity contribution >= 4 is 17.5 Å². The van der Waals surface area contributed by atoms with E-state index in [1.807, 2.05) is 24.3 Å². The number of nitrogens with zero attached hydrogens (tertiary/aromatic N) is 2. The molecule has 2 unspecified atom stereocenters. The molecular weight excluding hydrogens is 326 g/mol. The van der Waals surface area contributed by atoms with Crippen LogP contribution >= 0.6 is 11.6 Å². The minimum atomic E-state index is -0.134. The van der Waals surface area contributed by atoms with E-state index in [0.29, 0.717) is 17.1 Å². The van der Waals surface area contributed by atoms with Crippen LogP contribution in [0.15, 0.2) is 36.7 Å². The van der Waals surface area contributed by atoms with Crippen molar-refractivity contribution in [2.45, 2.75) is 38.3 Å². The van der Waals surface area contributed by atoms with Gasteiger partial charge in [0.15, 0.2) is 0 Å². The highest BCUT2D eigenvalue weighted by Gasteiger charge is 2.26. The van der Waals surface area contributed by atoms with Gasteiger partial charge in [-0.3, -0.25) is 9.48 Å². The van der Waals surface area contributed by atoms with Gasteiger partial charge in [0.2, 0.25) is 0 Å². The molecule has 1 heterocycles. The predicted octanol–water partition coefficient (Wildman–Crippen LogP) is 2.87. The zero-order chi connectivity index (χ0) is 16.9. The van der Waals surface area contributed by atoms with Crippen molar-refractivity contribution in [2.75, 3.05) is 6.61 Å². The molecule has 3 rings (SSSR count). The van der Waals surface area contributed by atoms with Crippen LogP contribution in [0.5, 0.6) is 0 Å². The quantitative estimate of drug-likeness (QED) is 0.874. The summed E-state index contributed by atoms with van der Waals surface area (Å²) in [6, 6.07) is 7.64. The number of amides is 1. The summed E-state index contributed by atoms with van der Waals surface area (Å²) in [4.78, 5) is 12.4. The first kappa shape index (κ1) is 17.0. The first-order valence-electron chi connectivity index (χ1n) is 8.35. The van der Waals surface area contributed by atoms with Gasteiger partial charge in [0.05, 0.1) is 18.3 Å². The number of hydrogen-bond acceptors (Lipinski definition) is 3. The van der Waals surface area contributed by atoms with Crippen molar-refractivity contribution < 1.29 is 9.90 Å². The fourth-order valence-electron chi connectivity index (χ4n) is 3.24. The molecule has 0 bridgehead atoms. The van der Waals surface area contributed by atoms with E-state index in [-0.39, 0.29) is 24.5 Å². The molecule has 2 atom stereocenters. The summed E-state index contributed by atoms with van der Waals surface area (Å²) in [5.74, 6) is 0.0200. The fourth-order valence-corrected chi connectivity index (χ4v) is 3.43. The molecule has 6 heteroatoms. The second kappa shape index (κ2) is 7.81. The van der Waals surface area contributed by atoms with Crippen LogP contribution in [0, 0.1) is 5.92 Å². The number of carbonyl (C=O) groups excluding carboxylic acids is 1. The van der Waals surface area contributed by atoms with Crippen molar-refractivity contribution in [3.8, 4) is 0 Å². The van der Waals surface area contributed by atoms with E-state index >= 15 is 0 Å². The Labute approximate surface area is 146 Å². The Morgan fingerprint density at radius 3 is 2.92 bits per heavy atom. The van der Waals surface area contributed by atoms with E-state index in [0.717, 1.165) is 31.2 Å². The molecule has 128 valence electrons. The summed E-state index contributed by atoms with van der Waals surface area (Å²) in [5.41, 5.74) is 1.49. The van der Waals surface area contributed by atoms with E-state index in [1.54, 1.807) is 17.1 Å².